The first-order valence-corrected chi connectivity index (χ1v) is 8.10. The van der Waals surface area contributed by atoms with Crippen LogP contribution in [0.2, 0.25) is 0 Å². The standard InChI is InChI=1S/C16H29N5.HI/c1-4-17-16(18-11-14-8-10-20(3)13-14)19-12-15-7-6-9-21(15)5-2;/h8,10,13,15H,4-7,9,11-12H2,1-3H3,(H2,17,18,19);1H. The van der Waals surface area contributed by atoms with E-state index >= 15 is 0 Å². The molecule has 0 radical (unpaired) electrons. The molecule has 1 aromatic heterocycles. The lowest BCUT2D eigenvalue weighted by Crippen LogP contribution is -2.44. The van der Waals surface area contributed by atoms with E-state index in [1.54, 1.807) is 0 Å². The number of aryl methyl sites for hydroxylation is 1. The summed E-state index contributed by atoms with van der Waals surface area (Å²) in [5, 5.41) is 6.82. The molecule has 0 saturated carbocycles. The van der Waals surface area contributed by atoms with Gasteiger partial charge in [0.25, 0.3) is 0 Å². The molecule has 0 amide bonds. The van der Waals surface area contributed by atoms with Crippen molar-refractivity contribution < 1.29 is 0 Å². The van der Waals surface area contributed by atoms with Crippen LogP contribution in [0.25, 0.3) is 0 Å². The van der Waals surface area contributed by atoms with Gasteiger partial charge in [-0.25, -0.2) is 4.99 Å². The molecule has 0 bridgehead atoms. The zero-order valence-electron chi connectivity index (χ0n) is 14.0. The summed E-state index contributed by atoms with van der Waals surface area (Å²) in [6, 6.07) is 2.76. The van der Waals surface area contributed by atoms with Crippen LogP contribution in [0, 0.1) is 0 Å². The quantitative estimate of drug-likeness (QED) is 0.422. The summed E-state index contributed by atoms with van der Waals surface area (Å²) in [5.41, 5.74) is 1.24. The Morgan fingerprint density at radius 1 is 1.36 bits per heavy atom. The summed E-state index contributed by atoms with van der Waals surface area (Å²) in [6.45, 7) is 9.32. The first-order valence-electron chi connectivity index (χ1n) is 8.10. The Hall–Kier alpha value is -0.760. The van der Waals surface area contributed by atoms with Crippen LogP contribution >= 0.6 is 24.0 Å². The van der Waals surface area contributed by atoms with Crippen LogP contribution in [0.3, 0.4) is 0 Å². The first kappa shape index (κ1) is 19.3. The molecule has 126 valence electrons. The van der Waals surface area contributed by atoms with Gasteiger partial charge < -0.3 is 15.2 Å². The number of hydrogen-bond acceptors (Lipinski definition) is 2. The molecule has 1 unspecified atom stereocenters. The number of nitrogens with one attached hydrogen (secondary N) is 2. The van der Waals surface area contributed by atoms with E-state index in [9.17, 15) is 0 Å². The molecule has 0 spiro atoms. The molecule has 2 rings (SSSR count). The van der Waals surface area contributed by atoms with E-state index in [2.05, 4.69) is 57.4 Å². The highest BCUT2D eigenvalue weighted by molar-refractivity contribution is 14.0. The molecule has 5 nitrogen and oxygen atoms in total. The monoisotopic (exact) mass is 419 g/mol. The average Bonchev–Trinajstić information content (AvgIpc) is 3.10. The topological polar surface area (TPSA) is 44.6 Å². The second-order valence-corrected chi connectivity index (χ2v) is 5.69. The van der Waals surface area contributed by atoms with Crippen molar-refractivity contribution in [3.8, 4) is 0 Å². The van der Waals surface area contributed by atoms with Crippen molar-refractivity contribution in [3.63, 3.8) is 0 Å². The molecule has 2 N–H and O–H groups in total. The predicted octanol–water partition coefficient (Wildman–Crippen LogP) is 2.18. The zero-order chi connectivity index (χ0) is 15.1. The summed E-state index contributed by atoms with van der Waals surface area (Å²) < 4.78 is 2.06. The number of rotatable bonds is 6. The van der Waals surface area contributed by atoms with Crippen LogP contribution in [-0.4, -0.2) is 47.6 Å². The number of nitrogens with zero attached hydrogens (tertiary/aromatic N) is 3. The summed E-state index contributed by atoms with van der Waals surface area (Å²) in [4.78, 5) is 7.22. The number of halogens is 1. The molecule has 1 atom stereocenters. The van der Waals surface area contributed by atoms with Crippen LogP contribution in [0.1, 0.15) is 32.3 Å². The van der Waals surface area contributed by atoms with Crippen LogP contribution < -0.4 is 10.6 Å². The Balaban J connectivity index is 0.00000242. The van der Waals surface area contributed by atoms with Gasteiger partial charge in [-0.05, 0) is 44.5 Å². The van der Waals surface area contributed by atoms with Gasteiger partial charge in [0.1, 0.15) is 0 Å². The van der Waals surface area contributed by atoms with Gasteiger partial charge in [-0.1, -0.05) is 6.92 Å². The maximum Gasteiger partial charge on any atom is 0.191 e. The van der Waals surface area contributed by atoms with Crippen molar-refractivity contribution in [2.45, 2.75) is 39.3 Å². The summed E-state index contributed by atoms with van der Waals surface area (Å²) in [7, 11) is 2.04. The predicted molar refractivity (Wildman–Crippen MR) is 104 cm³/mol. The van der Waals surface area contributed by atoms with E-state index in [4.69, 9.17) is 0 Å². The Morgan fingerprint density at radius 2 is 2.18 bits per heavy atom. The van der Waals surface area contributed by atoms with E-state index in [-0.39, 0.29) is 24.0 Å². The molecule has 6 heteroatoms. The number of aromatic nitrogens is 1. The normalized spacial score (nSPS) is 19.0. The minimum absolute atomic E-state index is 0. The van der Waals surface area contributed by atoms with Crippen molar-refractivity contribution in [2.75, 3.05) is 26.2 Å². The second kappa shape index (κ2) is 10.1. The lowest BCUT2D eigenvalue weighted by Gasteiger charge is -2.23. The SMILES string of the molecule is CCNC(=NCc1ccn(C)c1)NCC1CCCN1CC.I. The van der Waals surface area contributed by atoms with Crippen molar-refractivity contribution in [2.24, 2.45) is 12.0 Å². The first-order chi connectivity index (χ1) is 10.2. The smallest absolute Gasteiger partial charge is 0.191 e. The molecule has 0 aromatic carbocycles. The Kier molecular flexibility index (Phi) is 8.85. The van der Waals surface area contributed by atoms with Crippen LogP contribution in [0.15, 0.2) is 23.5 Å². The Morgan fingerprint density at radius 3 is 2.82 bits per heavy atom. The lowest BCUT2D eigenvalue weighted by atomic mass is 10.2. The van der Waals surface area contributed by atoms with Crippen molar-refractivity contribution in [1.82, 2.24) is 20.1 Å². The third kappa shape index (κ3) is 5.79. The van der Waals surface area contributed by atoms with Crippen LogP contribution in [0.4, 0.5) is 0 Å². The van der Waals surface area contributed by atoms with Gasteiger partial charge in [0.2, 0.25) is 0 Å². The Labute approximate surface area is 151 Å². The van der Waals surface area contributed by atoms with Crippen molar-refractivity contribution in [3.05, 3.63) is 24.0 Å². The van der Waals surface area contributed by atoms with Gasteiger partial charge in [-0.2, -0.15) is 0 Å². The summed E-state index contributed by atoms with van der Waals surface area (Å²) in [5.74, 6) is 0.921. The molecule has 1 aliphatic rings. The van der Waals surface area contributed by atoms with E-state index < -0.39 is 0 Å². The maximum absolute atomic E-state index is 4.67. The molecule has 22 heavy (non-hydrogen) atoms. The third-order valence-corrected chi connectivity index (χ3v) is 4.07. The van der Waals surface area contributed by atoms with Gasteiger partial charge in [-0.3, -0.25) is 4.90 Å². The molecular weight excluding hydrogens is 389 g/mol. The molecule has 1 saturated heterocycles. The van der Waals surface area contributed by atoms with E-state index in [1.165, 1.54) is 24.9 Å². The molecule has 0 aliphatic carbocycles. The summed E-state index contributed by atoms with van der Waals surface area (Å²) >= 11 is 0. The minimum Gasteiger partial charge on any atom is -0.357 e. The fraction of sp³-hybridized carbons (Fsp3) is 0.688. The highest BCUT2D eigenvalue weighted by Crippen LogP contribution is 2.15. The van der Waals surface area contributed by atoms with Crippen molar-refractivity contribution >= 4 is 29.9 Å². The number of likely N-dealkylation sites (N-methyl/N-ethyl adjacent to an activating group) is 1. The van der Waals surface area contributed by atoms with Gasteiger partial charge in [0.15, 0.2) is 5.96 Å². The molecule has 1 aliphatic heterocycles. The fourth-order valence-electron chi connectivity index (χ4n) is 2.92. The van der Waals surface area contributed by atoms with Gasteiger partial charge >= 0.3 is 0 Å². The minimum atomic E-state index is 0. The lowest BCUT2D eigenvalue weighted by molar-refractivity contribution is 0.267. The van der Waals surface area contributed by atoms with Gasteiger partial charge in [0.05, 0.1) is 6.54 Å². The maximum atomic E-state index is 4.67. The highest BCUT2D eigenvalue weighted by Gasteiger charge is 2.22. The van der Waals surface area contributed by atoms with E-state index in [1.807, 2.05) is 7.05 Å². The van der Waals surface area contributed by atoms with Gasteiger partial charge in [-0.15, -0.1) is 24.0 Å². The highest BCUT2D eigenvalue weighted by atomic mass is 127. The molecule has 2 heterocycles. The summed E-state index contributed by atoms with van der Waals surface area (Å²) in [6.07, 6.45) is 6.78. The average molecular weight is 419 g/mol. The Bertz CT molecular complexity index is 457. The zero-order valence-corrected chi connectivity index (χ0v) is 16.3. The van der Waals surface area contributed by atoms with E-state index in [0.717, 1.165) is 32.1 Å². The van der Waals surface area contributed by atoms with Gasteiger partial charge in [0, 0.05) is 38.6 Å². The number of likely N-dealkylation sites (tertiary alicyclic amines) is 1. The van der Waals surface area contributed by atoms with Crippen molar-refractivity contribution in [1.29, 1.82) is 0 Å². The fourth-order valence-corrected chi connectivity index (χ4v) is 2.92. The second-order valence-electron chi connectivity index (χ2n) is 5.69. The molecule has 1 fully saturated rings. The number of guanidine groups is 1. The number of hydrogen-bond donors (Lipinski definition) is 2. The third-order valence-electron chi connectivity index (χ3n) is 4.07. The molecular formula is C16H30IN5. The molecule has 1 aromatic rings. The van der Waals surface area contributed by atoms with E-state index in [0.29, 0.717) is 6.04 Å². The number of aliphatic imine (C=N–C) groups is 1. The van der Waals surface area contributed by atoms with Crippen LogP contribution in [-0.2, 0) is 13.6 Å². The van der Waals surface area contributed by atoms with Crippen LogP contribution in [0.5, 0.6) is 0 Å². The largest absolute Gasteiger partial charge is 0.357 e.